The molecule has 2 nitrogen and oxygen atoms in total. The van der Waals surface area contributed by atoms with Crippen LogP contribution in [0.2, 0.25) is 10.0 Å². The molecule has 1 unspecified atom stereocenters. The van der Waals surface area contributed by atoms with Crippen molar-refractivity contribution in [3.05, 3.63) is 57.6 Å². The summed E-state index contributed by atoms with van der Waals surface area (Å²) >= 11 is 18.8. The zero-order valence-electron chi connectivity index (χ0n) is 11.7. The number of halogens is 3. The molecule has 2 rings (SSSR count). The maximum atomic E-state index is 6.52. The maximum Gasteiger partial charge on any atom is 0.145 e. The minimum Gasteiger partial charge on any atom is -0.495 e. The van der Waals surface area contributed by atoms with Crippen molar-refractivity contribution in [1.29, 1.82) is 0 Å². The van der Waals surface area contributed by atoms with Gasteiger partial charge in [0.2, 0.25) is 0 Å². The van der Waals surface area contributed by atoms with Gasteiger partial charge in [0.1, 0.15) is 16.5 Å². The molecule has 0 aliphatic carbocycles. The summed E-state index contributed by atoms with van der Waals surface area (Å²) in [7, 11) is 3.12. The van der Waals surface area contributed by atoms with Crippen LogP contribution in [-0.4, -0.2) is 14.2 Å². The van der Waals surface area contributed by atoms with Crippen LogP contribution in [0.5, 0.6) is 11.5 Å². The van der Waals surface area contributed by atoms with Crippen molar-refractivity contribution in [3.63, 3.8) is 0 Å². The third-order valence-corrected chi connectivity index (χ3v) is 4.14. The van der Waals surface area contributed by atoms with Crippen molar-refractivity contribution >= 4 is 34.8 Å². The van der Waals surface area contributed by atoms with Crippen LogP contribution in [-0.2, 0) is 6.42 Å². The lowest BCUT2D eigenvalue weighted by Crippen LogP contribution is -2.01. The maximum absolute atomic E-state index is 6.52. The van der Waals surface area contributed by atoms with Gasteiger partial charge in [0, 0.05) is 10.6 Å². The van der Waals surface area contributed by atoms with Gasteiger partial charge in [-0.15, -0.1) is 11.6 Å². The van der Waals surface area contributed by atoms with Gasteiger partial charge in [-0.3, -0.25) is 0 Å². The molecule has 0 fully saturated rings. The molecule has 5 heteroatoms. The van der Waals surface area contributed by atoms with E-state index in [2.05, 4.69) is 0 Å². The highest BCUT2D eigenvalue weighted by molar-refractivity contribution is 6.34. The minimum atomic E-state index is -0.276. The fourth-order valence-corrected chi connectivity index (χ4v) is 3.03. The van der Waals surface area contributed by atoms with Crippen LogP contribution in [0.25, 0.3) is 0 Å². The molecule has 0 saturated carbocycles. The standard InChI is InChI=1S/C16H15Cl3O2/c1-20-14-7-6-12(16(21-2)15(14)19)13(18)9-10-4-3-5-11(17)8-10/h3-8,13H,9H2,1-2H3. The molecule has 0 saturated heterocycles. The van der Waals surface area contributed by atoms with Gasteiger partial charge >= 0.3 is 0 Å². The number of hydrogen-bond acceptors (Lipinski definition) is 2. The second kappa shape index (κ2) is 7.26. The average Bonchev–Trinajstić information content (AvgIpc) is 2.46. The van der Waals surface area contributed by atoms with Crippen LogP contribution in [0.3, 0.4) is 0 Å². The predicted molar refractivity (Wildman–Crippen MR) is 88.3 cm³/mol. The monoisotopic (exact) mass is 344 g/mol. The van der Waals surface area contributed by atoms with Gasteiger partial charge in [0.25, 0.3) is 0 Å². The SMILES string of the molecule is COc1ccc(C(Cl)Cc2cccc(Cl)c2)c(OC)c1Cl. The van der Waals surface area contributed by atoms with E-state index in [4.69, 9.17) is 44.3 Å². The lowest BCUT2D eigenvalue weighted by Gasteiger charge is -2.17. The first-order valence-electron chi connectivity index (χ1n) is 6.35. The van der Waals surface area contributed by atoms with E-state index in [-0.39, 0.29) is 5.38 Å². The molecule has 0 heterocycles. The summed E-state index contributed by atoms with van der Waals surface area (Å²) in [6, 6.07) is 11.3. The molecule has 21 heavy (non-hydrogen) atoms. The molecular formula is C16H15Cl3O2. The number of hydrogen-bond donors (Lipinski definition) is 0. The van der Waals surface area contributed by atoms with Crippen LogP contribution in [0.4, 0.5) is 0 Å². The summed E-state index contributed by atoms with van der Waals surface area (Å²) in [5.41, 5.74) is 1.88. The Balaban J connectivity index is 2.30. The van der Waals surface area contributed by atoms with E-state index < -0.39 is 0 Å². The van der Waals surface area contributed by atoms with Crippen molar-refractivity contribution in [2.45, 2.75) is 11.8 Å². The van der Waals surface area contributed by atoms with Crippen LogP contribution in [0.1, 0.15) is 16.5 Å². The fourth-order valence-electron chi connectivity index (χ4n) is 2.15. The van der Waals surface area contributed by atoms with E-state index in [0.717, 1.165) is 11.1 Å². The normalized spacial score (nSPS) is 12.0. The molecule has 0 bridgehead atoms. The summed E-state index contributed by atoms with van der Waals surface area (Å²) < 4.78 is 10.6. The van der Waals surface area contributed by atoms with Gasteiger partial charge in [-0.2, -0.15) is 0 Å². The summed E-state index contributed by atoms with van der Waals surface area (Å²) in [5.74, 6) is 1.10. The first-order chi connectivity index (χ1) is 10.1. The quantitative estimate of drug-likeness (QED) is 0.663. The topological polar surface area (TPSA) is 18.5 Å². The molecule has 2 aromatic rings. The lowest BCUT2D eigenvalue weighted by atomic mass is 10.0. The third-order valence-electron chi connectivity index (χ3n) is 3.16. The highest BCUT2D eigenvalue weighted by atomic mass is 35.5. The highest BCUT2D eigenvalue weighted by Crippen LogP contribution is 2.42. The Labute approximate surface area is 139 Å². The van der Waals surface area contributed by atoms with E-state index in [1.54, 1.807) is 20.3 Å². The predicted octanol–water partition coefficient (Wildman–Crippen LogP) is 5.53. The second-order valence-corrected chi connectivity index (χ2v) is 5.85. The van der Waals surface area contributed by atoms with Crippen molar-refractivity contribution in [3.8, 4) is 11.5 Å². The Morgan fingerprint density at radius 3 is 2.43 bits per heavy atom. The van der Waals surface area contributed by atoms with Gasteiger partial charge in [-0.05, 0) is 30.2 Å². The van der Waals surface area contributed by atoms with Crippen molar-refractivity contribution in [2.24, 2.45) is 0 Å². The number of methoxy groups -OCH3 is 2. The number of alkyl halides is 1. The summed E-state index contributed by atoms with van der Waals surface area (Å²) in [5, 5.41) is 0.840. The Morgan fingerprint density at radius 1 is 1.05 bits per heavy atom. The van der Waals surface area contributed by atoms with Gasteiger partial charge in [0.15, 0.2) is 0 Å². The number of ether oxygens (including phenoxy) is 2. The smallest absolute Gasteiger partial charge is 0.145 e. The average molecular weight is 346 g/mol. The molecular weight excluding hydrogens is 331 g/mol. The Kier molecular flexibility index (Phi) is 5.63. The largest absolute Gasteiger partial charge is 0.495 e. The third kappa shape index (κ3) is 3.76. The fraction of sp³-hybridized carbons (Fsp3) is 0.250. The Bertz CT molecular complexity index is 629. The van der Waals surface area contributed by atoms with Gasteiger partial charge in [-0.1, -0.05) is 41.4 Å². The molecule has 1 atom stereocenters. The second-order valence-electron chi connectivity index (χ2n) is 4.51. The first kappa shape index (κ1) is 16.3. The Morgan fingerprint density at radius 2 is 1.81 bits per heavy atom. The van der Waals surface area contributed by atoms with E-state index in [1.165, 1.54) is 0 Å². The summed E-state index contributed by atoms with van der Waals surface area (Å²) in [6.45, 7) is 0. The van der Waals surface area contributed by atoms with Crippen LogP contribution >= 0.6 is 34.8 Å². The zero-order valence-corrected chi connectivity index (χ0v) is 14.0. The van der Waals surface area contributed by atoms with Crippen molar-refractivity contribution in [2.75, 3.05) is 14.2 Å². The molecule has 0 aliphatic heterocycles. The summed E-state index contributed by atoms with van der Waals surface area (Å²) in [4.78, 5) is 0. The van der Waals surface area contributed by atoms with E-state index in [1.807, 2.05) is 30.3 Å². The lowest BCUT2D eigenvalue weighted by molar-refractivity contribution is 0.391. The zero-order chi connectivity index (χ0) is 15.4. The molecule has 0 radical (unpaired) electrons. The Hall–Kier alpha value is -1.09. The van der Waals surface area contributed by atoms with Gasteiger partial charge in [-0.25, -0.2) is 0 Å². The molecule has 0 aromatic heterocycles. The molecule has 0 aliphatic rings. The van der Waals surface area contributed by atoms with Crippen molar-refractivity contribution < 1.29 is 9.47 Å². The molecule has 0 N–H and O–H groups in total. The van der Waals surface area contributed by atoms with E-state index >= 15 is 0 Å². The van der Waals surface area contributed by atoms with E-state index in [9.17, 15) is 0 Å². The minimum absolute atomic E-state index is 0.276. The molecule has 2 aromatic carbocycles. The first-order valence-corrected chi connectivity index (χ1v) is 7.55. The van der Waals surface area contributed by atoms with E-state index in [0.29, 0.717) is 28.0 Å². The highest BCUT2D eigenvalue weighted by Gasteiger charge is 2.19. The van der Waals surface area contributed by atoms with Crippen LogP contribution < -0.4 is 9.47 Å². The van der Waals surface area contributed by atoms with Gasteiger partial charge < -0.3 is 9.47 Å². The molecule has 0 spiro atoms. The number of rotatable bonds is 5. The van der Waals surface area contributed by atoms with Gasteiger partial charge in [0.05, 0.1) is 19.6 Å². The molecule has 112 valence electrons. The molecule has 0 amide bonds. The van der Waals surface area contributed by atoms with Crippen LogP contribution in [0, 0.1) is 0 Å². The summed E-state index contributed by atoms with van der Waals surface area (Å²) in [6.07, 6.45) is 0.626. The van der Waals surface area contributed by atoms with Crippen molar-refractivity contribution in [1.82, 2.24) is 0 Å². The van der Waals surface area contributed by atoms with Crippen LogP contribution in [0.15, 0.2) is 36.4 Å². The number of benzene rings is 2.